The molecule has 3 N–H and O–H groups in total. The fourth-order valence-corrected chi connectivity index (χ4v) is 1.48. The van der Waals surface area contributed by atoms with E-state index in [9.17, 15) is 4.79 Å². The van der Waals surface area contributed by atoms with Crippen molar-refractivity contribution in [3.8, 4) is 0 Å². The number of carboxylic acid groups (broad SMARTS) is 1. The van der Waals surface area contributed by atoms with Crippen molar-refractivity contribution in [2.24, 2.45) is 5.73 Å². The maximum absolute atomic E-state index is 10.4. The first kappa shape index (κ1) is 11.2. The summed E-state index contributed by atoms with van der Waals surface area (Å²) >= 11 is 3.33. The number of hydrogen-bond donors (Lipinski definition) is 2. The van der Waals surface area contributed by atoms with Gasteiger partial charge < -0.3 is 10.8 Å². The van der Waals surface area contributed by atoms with Crippen molar-refractivity contribution in [3.05, 3.63) is 34.3 Å². The minimum absolute atomic E-state index is 0.00998. The minimum atomic E-state index is -0.852. The molecule has 0 saturated carbocycles. The van der Waals surface area contributed by atoms with Crippen molar-refractivity contribution < 1.29 is 9.90 Å². The average Bonchev–Trinajstić information content (AvgIpc) is 2.07. The molecule has 1 aromatic carbocycles. The van der Waals surface area contributed by atoms with Crippen molar-refractivity contribution >= 4 is 21.9 Å². The van der Waals surface area contributed by atoms with Gasteiger partial charge in [-0.15, -0.1) is 0 Å². The zero-order chi connectivity index (χ0) is 10.6. The summed E-state index contributed by atoms with van der Waals surface area (Å²) in [5, 5.41) is 8.52. The Labute approximate surface area is 91.1 Å². The van der Waals surface area contributed by atoms with Gasteiger partial charge in [0.2, 0.25) is 0 Å². The molecule has 3 nitrogen and oxygen atoms in total. The SMILES string of the molecule is NC(CC(=O)O)Cc1ccc(Br)cc1. The topological polar surface area (TPSA) is 63.3 Å². The van der Waals surface area contributed by atoms with Gasteiger partial charge in [-0.1, -0.05) is 28.1 Å². The molecular formula is C10H12BrNO2. The quantitative estimate of drug-likeness (QED) is 0.865. The van der Waals surface area contributed by atoms with Gasteiger partial charge in [0, 0.05) is 10.5 Å². The fourth-order valence-electron chi connectivity index (χ4n) is 1.22. The number of benzene rings is 1. The van der Waals surface area contributed by atoms with E-state index in [1.807, 2.05) is 24.3 Å². The van der Waals surface area contributed by atoms with Crippen LogP contribution in [0.5, 0.6) is 0 Å². The molecule has 0 saturated heterocycles. The zero-order valence-corrected chi connectivity index (χ0v) is 9.20. The Kier molecular flexibility index (Phi) is 4.10. The molecule has 0 aromatic heterocycles. The standard InChI is InChI=1S/C10H12BrNO2/c11-8-3-1-7(2-4-8)5-9(12)6-10(13)14/h1-4,9H,5-6,12H2,(H,13,14). The Morgan fingerprint density at radius 3 is 2.50 bits per heavy atom. The largest absolute Gasteiger partial charge is 0.481 e. The van der Waals surface area contributed by atoms with Crippen molar-refractivity contribution in [1.29, 1.82) is 0 Å². The molecule has 0 fully saturated rings. The number of carboxylic acids is 1. The molecule has 0 spiro atoms. The van der Waals surface area contributed by atoms with Crippen LogP contribution in [0.4, 0.5) is 0 Å². The highest BCUT2D eigenvalue weighted by Gasteiger charge is 2.08. The van der Waals surface area contributed by atoms with E-state index in [0.717, 1.165) is 10.0 Å². The second-order valence-electron chi connectivity index (χ2n) is 3.19. The Balaban J connectivity index is 2.51. The fraction of sp³-hybridized carbons (Fsp3) is 0.300. The van der Waals surface area contributed by atoms with Crippen LogP contribution < -0.4 is 5.73 Å². The number of nitrogens with two attached hydrogens (primary N) is 1. The van der Waals surface area contributed by atoms with Crippen molar-refractivity contribution in [2.75, 3.05) is 0 Å². The zero-order valence-electron chi connectivity index (χ0n) is 7.61. The molecule has 1 unspecified atom stereocenters. The molecule has 0 radical (unpaired) electrons. The van der Waals surface area contributed by atoms with Gasteiger partial charge in [-0.3, -0.25) is 4.79 Å². The van der Waals surface area contributed by atoms with Crippen LogP contribution in [0.1, 0.15) is 12.0 Å². The van der Waals surface area contributed by atoms with E-state index in [4.69, 9.17) is 10.8 Å². The maximum atomic E-state index is 10.4. The first-order chi connectivity index (χ1) is 6.58. The van der Waals surface area contributed by atoms with Crippen molar-refractivity contribution in [2.45, 2.75) is 18.9 Å². The number of rotatable bonds is 4. The lowest BCUT2D eigenvalue weighted by Gasteiger charge is -2.08. The highest BCUT2D eigenvalue weighted by Crippen LogP contribution is 2.12. The molecule has 0 aliphatic heterocycles. The molecule has 1 rings (SSSR count). The van der Waals surface area contributed by atoms with Crippen LogP contribution in [0, 0.1) is 0 Å². The van der Waals surface area contributed by atoms with Gasteiger partial charge >= 0.3 is 5.97 Å². The van der Waals surface area contributed by atoms with Gasteiger partial charge in [0.05, 0.1) is 6.42 Å². The lowest BCUT2D eigenvalue weighted by atomic mass is 10.0. The lowest BCUT2D eigenvalue weighted by molar-refractivity contribution is -0.137. The molecule has 14 heavy (non-hydrogen) atoms. The second kappa shape index (κ2) is 5.12. The van der Waals surface area contributed by atoms with Gasteiger partial charge in [0.25, 0.3) is 0 Å². The third kappa shape index (κ3) is 3.89. The van der Waals surface area contributed by atoms with Gasteiger partial charge in [-0.05, 0) is 24.1 Å². The Morgan fingerprint density at radius 1 is 1.43 bits per heavy atom. The summed E-state index contributed by atoms with van der Waals surface area (Å²) in [4.78, 5) is 10.4. The molecule has 0 bridgehead atoms. The minimum Gasteiger partial charge on any atom is -0.481 e. The molecular weight excluding hydrogens is 246 g/mol. The molecule has 0 amide bonds. The van der Waals surface area contributed by atoms with Crippen LogP contribution in [-0.2, 0) is 11.2 Å². The van der Waals surface area contributed by atoms with E-state index in [2.05, 4.69) is 15.9 Å². The Bertz CT molecular complexity index is 310. The monoisotopic (exact) mass is 257 g/mol. The summed E-state index contributed by atoms with van der Waals surface area (Å²) in [6.07, 6.45) is 0.607. The van der Waals surface area contributed by atoms with Crippen LogP contribution in [0.2, 0.25) is 0 Å². The van der Waals surface area contributed by atoms with Crippen molar-refractivity contribution in [3.63, 3.8) is 0 Å². The van der Waals surface area contributed by atoms with Crippen LogP contribution in [0.25, 0.3) is 0 Å². The smallest absolute Gasteiger partial charge is 0.304 e. The Hall–Kier alpha value is -0.870. The summed E-state index contributed by atoms with van der Waals surface area (Å²) < 4.78 is 1.01. The van der Waals surface area contributed by atoms with Gasteiger partial charge in [0.1, 0.15) is 0 Å². The van der Waals surface area contributed by atoms with Gasteiger partial charge in [-0.2, -0.15) is 0 Å². The first-order valence-electron chi connectivity index (χ1n) is 4.30. The predicted octanol–water partition coefficient (Wildman–Crippen LogP) is 1.79. The summed E-state index contributed by atoms with van der Waals surface area (Å²) in [7, 11) is 0. The van der Waals surface area contributed by atoms with E-state index in [1.165, 1.54) is 0 Å². The molecule has 1 atom stereocenters. The average molecular weight is 258 g/mol. The van der Waals surface area contributed by atoms with Gasteiger partial charge in [0.15, 0.2) is 0 Å². The van der Waals surface area contributed by atoms with Crippen LogP contribution >= 0.6 is 15.9 Å². The highest BCUT2D eigenvalue weighted by molar-refractivity contribution is 9.10. The molecule has 4 heteroatoms. The van der Waals surface area contributed by atoms with E-state index >= 15 is 0 Å². The highest BCUT2D eigenvalue weighted by atomic mass is 79.9. The molecule has 0 aliphatic carbocycles. The predicted molar refractivity (Wildman–Crippen MR) is 58.1 cm³/mol. The Morgan fingerprint density at radius 2 is 2.00 bits per heavy atom. The third-order valence-electron chi connectivity index (χ3n) is 1.85. The maximum Gasteiger partial charge on any atom is 0.304 e. The first-order valence-corrected chi connectivity index (χ1v) is 5.09. The van der Waals surface area contributed by atoms with E-state index < -0.39 is 5.97 Å². The normalized spacial score (nSPS) is 12.4. The van der Waals surface area contributed by atoms with Crippen LogP contribution in [0.3, 0.4) is 0 Å². The number of aliphatic carboxylic acids is 1. The molecule has 76 valence electrons. The van der Waals surface area contributed by atoms with Crippen LogP contribution in [0.15, 0.2) is 28.7 Å². The summed E-state index contributed by atoms with van der Waals surface area (Å²) in [5.41, 5.74) is 6.71. The second-order valence-corrected chi connectivity index (χ2v) is 4.10. The summed E-state index contributed by atoms with van der Waals surface area (Å²) in [5.74, 6) is -0.852. The summed E-state index contributed by atoms with van der Waals surface area (Å²) in [6, 6.07) is 7.40. The van der Waals surface area contributed by atoms with Gasteiger partial charge in [-0.25, -0.2) is 0 Å². The third-order valence-corrected chi connectivity index (χ3v) is 2.38. The van der Waals surface area contributed by atoms with Crippen LogP contribution in [-0.4, -0.2) is 17.1 Å². The van der Waals surface area contributed by atoms with E-state index in [0.29, 0.717) is 6.42 Å². The molecule has 1 aromatic rings. The van der Waals surface area contributed by atoms with E-state index in [-0.39, 0.29) is 12.5 Å². The lowest BCUT2D eigenvalue weighted by Crippen LogP contribution is -2.26. The number of carbonyl (C=O) groups is 1. The molecule has 0 aliphatic rings. The molecule has 0 heterocycles. The van der Waals surface area contributed by atoms with E-state index in [1.54, 1.807) is 0 Å². The van der Waals surface area contributed by atoms with Crippen molar-refractivity contribution in [1.82, 2.24) is 0 Å². The summed E-state index contributed by atoms with van der Waals surface area (Å²) in [6.45, 7) is 0. The number of halogens is 1. The number of hydrogen-bond acceptors (Lipinski definition) is 2.